The van der Waals surface area contributed by atoms with E-state index in [1.807, 2.05) is 0 Å². The van der Waals surface area contributed by atoms with E-state index in [0.29, 0.717) is 0 Å². The fourth-order valence-corrected chi connectivity index (χ4v) is 1.46. The first-order valence-electron chi connectivity index (χ1n) is 2.99. The van der Waals surface area contributed by atoms with Gasteiger partial charge in [0.1, 0.15) is 17.5 Å². The van der Waals surface area contributed by atoms with Crippen LogP contribution in [0.2, 0.25) is 0 Å². The average molecular weight is 211 g/mol. The highest BCUT2D eigenvalue weighted by molar-refractivity contribution is 7.89. The summed E-state index contributed by atoms with van der Waals surface area (Å²) in [6.45, 7) is 0. The summed E-state index contributed by atoms with van der Waals surface area (Å²) in [5.74, 6) is -4.29. The monoisotopic (exact) mass is 211 g/mol. The number of primary sulfonamides is 1. The average Bonchev–Trinajstić information content (AvgIpc) is 1.78. The van der Waals surface area contributed by atoms with Crippen LogP contribution < -0.4 is 5.14 Å². The highest BCUT2D eigenvalue weighted by Crippen LogP contribution is 2.18. The zero-order valence-corrected chi connectivity index (χ0v) is 6.91. The molecule has 7 heteroatoms. The van der Waals surface area contributed by atoms with Gasteiger partial charge in [-0.05, 0) is 0 Å². The van der Waals surface area contributed by atoms with Crippen LogP contribution in [0, 0.1) is 17.5 Å². The van der Waals surface area contributed by atoms with E-state index in [0.717, 1.165) is 0 Å². The molecule has 0 saturated carbocycles. The maximum atomic E-state index is 12.7. The van der Waals surface area contributed by atoms with Gasteiger partial charge in [0, 0.05) is 12.1 Å². The van der Waals surface area contributed by atoms with Gasteiger partial charge in [-0.1, -0.05) is 0 Å². The topological polar surface area (TPSA) is 60.2 Å². The fraction of sp³-hybridized carbons (Fsp3) is 0. The lowest BCUT2D eigenvalue weighted by atomic mass is 10.3. The fourth-order valence-electron chi connectivity index (χ4n) is 0.801. The minimum absolute atomic E-state index is 0.239. The van der Waals surface area contributed by atoms with Crippen molar-refractivity contribution in [2.75, 3.05) is 0 Å². The summed E-state index contributed by atoms with van der Waals surface area (Å²) < 4.78 is 58.7. The largest absolute Gasteiger partial charge is 0.243 e. The Labute approximate surface area is 72.0 Å². The molecule has 0 spiro atoms. The van der Waals surface area contributed by atoms with Crippen LogP contribution in [0.1, 0.15) is 0 Å². The first-order chi connectivity index (χ1) is 5.82. The van der Waals surface area contributed by atoms with E-state index in [2.05, 4.69) is 5.14 Å². The van der Waals surface area contributed by atoms with Crippen LogP contribution in [-0.2, 0) is 10.0 Å². The van der Waals surface area contributed by atoms with Crippen molar-refractivity contribution in [2.24, 2.45) is 5.14 Å². The van der Waals surface area contributed by atoms with Crippen LogP contribution in [0.5, 0.6) is 0 Å². The second kappa shape index (κ2) is 3.00. The van der Waals surface area contributed by atoms with Gasteiger partial charge in [0.15, 0.2) is 4.90 Å². The van der Waals surface area contributed by atoms with Crippen molar-refractivity contribution < 1.29 is 21.6 Å². The SMILES string of the molecule is NS(=O)(=O)c1c(F)cc(F)cc1F. The van der Waals surface area contributed by atoms with Gasteiger partial charge in [-0.3, -0.25) is 0 Å². The third-order valence-electron chi connectivity index (χ3n) is 1.25. The molecule has 2 N–H and O–H groups in total. The van der Waals surface area contributed by atoms with Crippen molar-refractivity contribution in [3.05, 3.63) is 29.6 Å². The Balaban J connectivity index is 3.57. The molecule has 0 heterocycles. The van der Waals surface area contributed by atoms with Crippen molar-refractivity contribution in [3.63, 3.8) is 0 Å². The number of nitrogens with two attached hydrogens (primary N) is 1. The predicted octanol–water partition coefficient (Wildman–Crippen LogP) is 0.751. The lowest BCUT2D eigenvalue weighted by molar-refractivity contribution is 0.497. The maximum Gasteiger partial charge on any atom is 0.243 e. The molecular weight excluding hydrogens is 207 g/mol. The lowest BCUT2D eigenvalue weighted by Gasteiger charge is -2.01. The van der Waals surface area contributed by atoms with Gasteiger partial charge in [-0.25, -0.2) is 26.7 Å². The van der Waals surface area contributed by atoms with E-state index in [-0.39, 0.29) is 12.1 Å². The highest BCUT2D eigenvalue weighted by Gasteiger charge is 2.21. The molecule has 1 rings (SSSR count). The Morgan fingerprint density at radius 2 is 1.46 bits per heavy atom. The molecule has 0 atom stereocenters. The Bertz CT molecular complexity index is 420. The van der Waals surface area contributed by atoms with E-state index < -0.39 is 32.4 Å². The molecule has 1 aromatic carbocycles. The van der Waals surface area contributed by atoms with Gasteiger partial charge in [-0.15, -0.1) is 0 Å². The molecule has 0 aromatic heterocycles. The molecule has 0 aliphatic carbocycles. The number of sulfonamides is 1. The summed E-state index contributed by atoms with van der Waals surface area (Å²) in [5, 5.41) is 4.48. The van der Waals surface area contributed by atoms with Gasteiger partial charge in [0.2, 0.25) is 10.0 Å². The summed E-state index contributed by atoms with van der Waals surface area (Å²) in [7, 11) is -4.50. The molecule has 0 bridgehead atoms. The van der Waals surface area contributed by atoms with Crippen LogP contribution in [0.4, 0.5) is 13.2 Å². The predicted molar refractivity (Wildman–Crippen MR) is 37.7 cm³/mol. The van der Waals surface area contributed by atoms with E-state index in [1.54, 1.807) is 0 Å². The smallest absolute Gasteiger partial charge is 0.224 e. The summed E-state index contributed by atoms with van der Waals surface area (Å²) in [6, 6.07) is 0.478. The standard InChI is InChI=1S/C6H4F3NO2S/c7-3-1-4(8)6(5(9)2-3)13(10,11)12/h1-2H,(H2,10,11,12). The quantitative estimate of drug-likeness (QED) is 0.745. The number of hydrogen-bond donors (Lipinski definition) is 1. The molecule has 0 amide bonds. The lowest BCUT2D eigenvalue weighted by Crippen LogP contribution is -2.16. The molecular formula is C6H4F3NO2S. The number of rotatable bonds is 1. The number of hydrogen-bond acceptors (Lipinski definition) is 2. The third-order valence-corrected chi connectivity index (χ3v) is 2.21. The molecule has 13 heavy (non-hydrogen) atoms. The van der Waals surface area contributed by atoms with Crippen LogP contribution >= 0.6 is 0 Å². The number of halogens is 3. The summed E-state index contributed by atoms with van der Waals surface area (Å²) in [6.07, 6.45) is 0. The highest BCUT2D eigenvalue weighted by atomic mass is 32.2. The second-order valence-corrected chi connectivity index (χ2v) is 3.74. The summed E-state index contributed by atoms with van der Waals surface area (Å²) in [4.78, 5) is -1.33. The van der Waals surface area contributed by atoms with Crippen molar-refractivity contribution in [1.82, 2.24) is 0 Å². The van der Waals surface area contributed by atoms with Crippen LogP contribution in [-0.4, -0.2) is 8.42 Å². The Morgan fingerprint density at radius 1 is 1.08 bits per heavy atom. The van der Waals surface area contributed by atoms with Crippen LogP contribution in [0.3, 0.4) is 0 Å². The van der Waals surface area contributed by atoms with Crippen molar-refractivity contribution in [2.45, 2.75) is 4.90 Å². The Morgan fingerprint density at radius 3 is 1.77 bits per heavy atom. The van der Waals surface area contributed by atoms with Gasteiger partial charge in [-0.2, -0.15) is 0 Å². The maximum absolute atomic E-state index is 12.7. The van der Waals surface area contributed by atoms with Crippen LogP contribution in [0.15, 0.2) is 17.0 Å². The summed E-state index contributed by atoms with van der Waals surface area (Å²) >= 11 is 0. The van der Waals surface area contributed by atoms with Crippen molar-refractivity contribution >= 4 is 10.0 Å². The van der Waals surface area contributed by atoms with Crippen LogP contribution in [0.25, 0.3) is 0 Å². The molecule has 0 unspecified atom stereocenters. The summed E-state index contributed by atoms with van der Waals surface area (Å²) in [5.41, 5.74) is 0. The second-order valence-electron chi connectivity index (χ2n) is 2.24. The Kier molecular flexibility index (Phi) is 2.31. The van der Waals surface area contributed by atoms with E-state index in [4.69, 9.17) is 0 Å². The first kappa shape index (κ1) is 10.0. The van der Waals surface area contributed by atoms with E-state index in [9.17, 15) is 21.6 Å². The minimum atomic E-state index is -4.50. The molecule has 0 aliphatic rings. The number of benzene rings is 1. The van der Waals surface area contributed by atoms with E-state index >= 15 is 0 Å². The van der Waals surface area contributed by atoms with Gasteiger partial charge < -0.3 is 0 Å². The molecule has 0 saturated heterocycles. The molecule has 72 valence electrons. The van der Waals surface area contributed by atoms with E-state index in [1.165, 1.54) is 0 Å². The molecule has 0 radical (unpaired) electrons. The Hall–Kier alpha value is -1.08. The molecule has 3 nitrogen and oxygen atoms in total. The molecule has 0 fully saturated rings. The van der Waals surface area contributed by atoms with Crippen molar-refractivity contribution in [1.29, 1.82) is 0 Å². The third kappa shape index (κ3) is 1.99. The van der Waals surface area contributed by atoms with Crippen molar-refractivity contribution in [3.8, 4) is 0 Å². The normalized spacial score (nSPS) is 11.7. The zero-order chi connectivity index (χ0) is 10.2. The van der Waals surface area contributed by atoms with Gasteiger partial charge in [0.05, 0.1) is 0 Å². The molecule has 1 aromatic rings. The van der Waals surface area contributed by atoms with Gasteiger partial charge >= 0.3 is 0 Å². The minimum Gasteiger partial charge on any atom is -0.224 e. The van der Waals surface area contributed by atoms with Gasteiger partial charge in [0.25, 0.3) is 0 Å². The zero-order valence-electron chi connectivity index (χ0n) is 6.09. The first-order valence-corrected chi connectivity index (χ1v) is 4.54. The molecule has 0 aliphatic heterocycles.